The number of nitrogens with zero attached hydrogens (tertiary/aromatic N) is 3. The zero-order valence-electron chi connectivity index (χ0n) is 18.3. The number of hydrogen-bond donors (Lipinski definition) is 1. The summed E-state index contributed by atoms with van der Waals surface area (Å²) in [5, 5.41) is 3.95. The van der Waals surface area contributed by atoms with Gasteiger partial charge in [-0.05, 0) is 56.2 Å². The van der Waals surface area contributed by atoms with E-state index in [4.69, 9.17) is 4.98 Å². The number of hydrogen-bond acceptors (Lipinski definition) is 3. The van der Waals surface area contributed by atoms with Crippen LogP contribution in [-0.2, 0) is 6.42 Å². The summed E-state index contributed by atoms with van der Waals surface area (Å²) in [5.41, 5.74) is 3.98. The molecule has 160 valence electrons. The average molecular weight is 415 g/mol. The van der Waals surface area contributed by atoms with E-state index >= 15 is 0 Å². The van der Waals surface area contributed by atoms with E-state index in [2.05, 4.69) is 47.5 Å². The van der Waals surface area contributed by atoms with Gasteiger partial charge in [0, 0.05) is 35.9 Å². The van der Waals surface area contributed by atoms with E-state index < -0.39 is 0 Å². The number of carbonyl (C=O) groups excluding carboxylic acids is 1. The van der Waals surface area contributed by atoms with Gasteiger partial charge >= 0.3 is 0 Å². The van der Waals surface area contributed by atoms with Crippen molar-refractivity contribution in [3.63, 3.8) is 0 Å². The normalized spacial score (nSPS) is 31.9. The summed E-state index contributed by atoms with van der Waals surface area (Å²) < 4.78 is 1.98. The quantitative estimate of drug-likeness (QED) is 0.705. The smallest absolute Gasteiger partial charge is 0.274 e. The summed E-state index contributed by atoms with van der Waals surface area (Å²) in [7, 11) is 0. The predicted octanol–water partition coefficient (Wildman–Crippen LogP) is 4.00. The number of rotatable bonds is 3. The van der Waals surface area contributed by atoms with Crippen molar-refractivity contribution in [2.75, 3.05) is 0 Å². The monoisotopic (exact) mass is 414 g/mol. The van der Waals surface area contributed by atoms with Crippen molar-refractivity contribution in [2.24, 2.45) is 5.41 Å². The SMILES string of the molecule is Cc1cccn2cc(C(=O)N3[C@H](Cc4ccccc4)[C@@H]4C[C@@]5(C)[C@H](CCC[C@@H]35)N4)nc12. The molecule has 6 rings (SSSR count). The Hall–Kier alpha value is -2.66. The fourth-order valence-corrected chi connectivity index (χ4v) is 6.66. The summed E-state index contributed by atoms with van der Waals surface area (Å²) in [6.07, 6.45) is 9.42. The first-order chi connectivity index (χ1) is 15.0. The van der Waals surface area contributed by atoms with Crippen LogP contribution in [-0.4, -0.2) is 44.4 Å². The van der Waals surface area contributed by atoms with Gasteiger partial charge < -0.3 is 14.6 Å². The van der Waals surface area contributed by atoms with Crippen molar-refractivity contribution in [1.29, 1.82) is 0 Å². The van der Waals surface area contributed by atoms with Crippen LogP contribution in [0.1, 0.15) is 54.2 Å². The molecule has 2 bridgehead atoms. The Balaban J connectivity index is 1.43. The molecule has 5 heteroatoms. The number of amides is 1. The maximum Gasteiger partial charge on any atom is 0.274 e. The highest BCUT2D eigenvalue weighted by atomic mass is 16.2. The highest BCUT2D eigenvalue weighted by Gasteiger charge is 2.60. The van der Waals surface area contributed by atoms with Crippen LogP contribution in [0.2, 0.25) is 0 Å². The summed E-state index contributed by atoms with van der Waals surface area (Å²) in [5.74, 6) is 0.0920. The zero-order valence-corrected chi connectivity index (χ0v) is 18.3. The average Bonchev–Trinajstić information content (AvgIpc) is 3.35. The molecule has 1 amide bonds. The maximum atomic E-state index is 14.1. The van der Waals surface area contributed by atoms with E-state index in [0.717, 1.165) is 30.5 Å². The molecule has 1 aliphatic carbocycles. The van der Waals surface area contributed by atoms with Gasteiger partial charge in [-0.3, -0.25) is 4.79 Å². The fraction of sp³-hybridized carbons (Fsp3) is 0.462. The van der Waals surface area contributed by atoms with Gasteiger partial charge in [-0.1, -0.05) is 43.3 Å². The Bertz CT molecular complexity index is 1140. The minimum atomic E-state index is 0.0920. The molecule has 3 fully saturated rings. The van der Waals surface area contributed by atoms with Gasteiger partial charge in [-0.2, -0.15) is 0 Å². The first kappa shape index (κ1) is 19.1. The summed E-state index contributed by atoms with van der Waals surface area (Å²) in [6, 6.07) is 16.0. The third-order valence-corrected chi connectivity index (χ3v) is 8.18. The molecule has 3 aromatic rings. The number of aromatic nitrogens is 2. The summed E-state index contributed by atoms with van der Waals surface area (Å²) >= 11 is 0. The van der Waals surface area contributed by atoms with Crippen LogP contribution >= 0.6 is 0 Å². The second-order valence-corrected chi connectivity index (χ2v) is 10.0. The Morgan fingerprint density at radius 3 is 2.84 bits per heavy atom. The number of fused-ring (bicyclic) bond motifs is 2. The molecular formula is C26H30N4O. The third kappa shape index (κ3) is 2.86. The molecule has 5 atom stereocenters. The number of pyridine rings is 1. The molecule has 3 aliphatic rings. The molecule has 0 radical (unpaired) electrons. The van der Waals surface area contributed by atoms with Crippen LogP contribution < -0.4 is 5.32 Å². The number of benzene rings is 1. The largest absolute Gasteiger partial charge is 0.329 e. The van der Waals surface area contributed by atoms with Gasteiger partial charge in [0.15, 0.2) is 0 Å². The van der Waals surface area contributed by atoms with Crippen LogP contribution in [0.5, 0.6) is 0 Å². The predicted molar refractivity (Wildman–Crippen MR) is 121 cm³/mol. The van der Waals surface area contributed by atoms with E-state index in [1.54, 1.807) is 0 Å². The van der Waals surface area contributed by atoms with Gasteiger partial charge in [0.25, 0.3) is 5.91 Å². The Morgan fingerprint density at radius 2 is 2.03 bits per heavy atom. The minimum absolute atomic E-state index is 0.0920. The Labute approximate surface area is 183 Å². The second-order valence-electron chi connectivity index (χ2n) is 10.0. The molecule has 4 heterocycles. The van der Waals surface area contributed by atoms with Crippen LogP contribution in [0, 0.1) is 12.3 Å². The van der Waals surface area contributed by atoms with Crippen LogP contribution in [0.25, 0.3) is 5.65 Å². The van der Waals surface area contributed by atoms with Crippen LogP contribution in [0.3, 0.4) is 0 Å². The molecule has 1 saturated carbocycles. The van der Waals surface area contributed by atoms with Crippen molar-refractivity contribution in [3.8, 4) is 0 Å². The lowest BCUT2D eigenvalue weighted by Gasteiger charge is -2.53. The van der Waals surface area contributed by atoms with Crippen molar-refractivity contribution < 1.29 is 4.79 Å². The number of piperidine rings is 1. The first-order valence-electron chi connectivity index (χ1n) is 11.6. The third-order valence-electron chi connectivity index (χ3n) is 8.18. The van der Waals surface area contributed by atoms with E-state index in [1.807, 2.05) is 35.9 Å². The number of carbonyl (C=O) groups is 1. The standard InChI is InChI=1S/C26H30N4O/c1-17-8-7-13-29-16-20(28-24(17)29)25(31)30-21(14-18-9-4-3-5-10-18)19-15-26(2)22(27-19)11-6-12-23(26)30/h3-5,7-10,13,16,19,21-23,27H,6,11-12,14-15H2,1-2H3/t19-,21+,22-,23+,26-/m0/s1. The first-order valence-corrected chi connectivity index (χ1v) is 11.6. The number of aryl methyl sites for hydroxylation is 1. The van der Waals surface area contributed by atoms with E-state index in [-0.39, 0.29) is 23.4 Å². The highest BCUT2D eigenvalue weighted by molar-refractivity contribution is 5.94. The topological polar surface area (TPSA) is 49.6 Å². The molecule has 2 aliphatic heterocycles. The van der Waals surface area contributed by atoms with Crippen molar-refractivity contribution in [1.82, 2.24) is 19.6 Å². The molecule has 2 aromatic heterocycles. The molecule has 5 nitrogen and oxygen atoms in total. The minimum Gasteiger partial charge on any atom is -0.329 e. The van der Waals surface area contributed by atoms with E-state index in [1.165, 1.54) is 18.4 Å². The highest BCUT2D eigenvalue weighted by Crippen LogP contribution is 2.52. The molecule has 2 saturated heterocycles. The lowest BCUT2D eigenvalue weighted by atomic mass is 9.64. The molecule has 0 unspecified atom stereocenters. The lowest BCUT2D eigenvalue weighted by molar-refractivity contribution is -0.0114. The number of likely N-dealkylation sites (tertiary alicyclic amines) is 1. The van der Waals surface area contributed by atoms with E-state index in [0.29, 0.717) is 17.8 Å². The number of imidazole rings is 1. The Morgan fingerprint density at radius 1 is 1.19 bits per heavy atom. The molecule has 0 spiro atoms. The zero-order chi connectivity index (χ0) is 21.2. The van der Waals surface area contributed by atoms with Gasteiger partial charge in [-0.15, -0.1) is 0 Å². The lowest BCUT2D eigenvalue weighted by Crippen LogP contribution is -2.62. The molecule has 1 N–H and O–H groups in total. The van der Waals surface area contributed by atoms with Crippen molar-refractivity contribution >= 4 is 11.6 Å². The maximum absolute atomic E-state index is 14.1. The number of nitrogens with one attached hydrogen (secondary N) is 1. The fourth-order valence-electron chi connectivity index (χ4n) is 6.66. The van der Waals surface area contributed by atoms with Gasteiger partial charge in [-0.25, -0.2) is 4.98 Å². The molecule has 31 heavy (non-hydrogen) atoms. The van der Waals surface area contributed by atoms with E-state index in [9.17, 15) is 4.79 Å². The van der Waals surface area contributed by atoms with Crippen molar-refractivity contribution in [3.05, 3.63) is 71.7 Å². The summed E-state index contributed by atoms with van der Waals surface area (Å²) in [6.45, 7) is 4.45. The molecular weight excluding hydrogens is 384 g/mol. The van der Waals surface area contributed by atoms with Gasteiger partial charge in [0.2, 0.25) is 0 Å². The van der Waals surface area contributed by atoms with Crippen LogP contribution in [0.4, 0.5) is 0 Å². The van der Waals surface area contributed by atoms with Gasteiger partial charge in [0.05, 0.1) is 6.04 Å². The summed E-state index contributed by atoms with van der Waals surface area (Å²) in [4.78, 5) is 21.1. The van der Waals surface area contributed by atoms with Crippen LogP contribution in [0.15, 0.2) is 54.9 Å². The van der Waals surface area contributed by atoms with Gasteiger partial charge in [0.1, 0.15) is 11.3 Å². The second kappa shape index (κ2) is 6.92. The molecule has 1 aromatic carbocycles. The van der Waals surface area contributed by atoms with Crippen molar-refractivity contribution in [2.45, 2.75) is 70.1 Å². The Kier molecular flexibility index (Phi) is 4.26.